The van der Waals surface area contributed by atoms with E-state index in [0.29, 0.717) is 5.82 Å². The fourth-order valence-electron chi connectivity index (χ4n) is 0.724. The van der Waals surface area contributed by atoms with Crippen molar-refractivity contribution in [3.8, 4) is 0 Å². The molecule has 0 radical (unpaired) electrons. The first-order chi connectivity index (χ1) is 4.61. The van der Waals surface area contributed by atoms with Gasteiger partial charge < -0.3 is 0 Å². The van der Waals surface area contributed by atoms with Crippen molar-refractivity contribution in [3.05, 3.63) is 21.4 Å². The molecule has 0 saturated heterocycles. The van der Waals surface area contributed by atoms with Gasteiger partial charge in [-0.05, 0) is 35.6 Å². The molecule has 1 aromatic heterocycles. The van der Waals surface area contributed by atoms with Gasteiger partial charge in [0.15, 0.2) is 0 Å². The van der Waals surface area contributed by atoms with Crippen LogP contribution in [0, 0.1) is 10.5 Å². The zero-order chi connectivity index (χ0) is 7.72. The molecule has 4 heteroatoms. The molecular weight excluding hydrogens is 241 g/mol. The maximum Gasteiger partial charge on any atom is 0.298 e. The Bertz CT molecular complexity index is 236. The van der Waals surface area contributed by atoms with Crippen LogP contribution in [0.25, 0.3) is 0 Å². The molecule has 0 aromatic carbocycles. The lowest BCUT2D eigenvalue weighted by atomic mass is 10.3. The summed E-state index contributed by atoms with van der Waals surface area (Å²) in [5, 5.41) is 0. The molecule has 0 aliphatic heterocycles. The number of nitrogens with two attached hydrogens (primary N) is 2. The molecule has 10 heavy (non-hydrogen) atoms. The summed E-state index contributed by atoms with van der Waals surface area (Å²) in [6.07, 6.45) is 1.78. The van der Waals surface area contributed by atoms with Crippen molar-refractivity contribution in [2.75, 3.05) is 11.6 Å². The third-order valence-electron chi connectivity index (χ3n) is 1.30. The van der Waals surface area contributed by atoms with Crippen molar-refractivity contribution in [2.45, 2.75) is 6.92 Å². The second kappa shape index (κ2) is 2.61. The van der Waals surface area contributed by atoms with E-state index in [9.17, 15) is 0 Å². The molecule has 1 heterocycles. The number of rotatable bonds is 0. The van der Waals surface area contributed by atoms with Gasteiger partial charge in [0.25, 0.3) is 5.82 Å². The van der Waals surface area contributed by atoms with Gasteiger partial charge in [-0.15, -0.1) is 4.68 Å². The number of halogens is 1. The van der Waals surface area contributed by atoms with E-state index in [-0.39, 0.29) is 0 Å². The Labute approximate surface area is 73.1 Å². The smallest absolute Gasteiger partial charge is 0.285 e. The normalized spacial score (nSPS) is 9.80. The minimum Gasteiger partial charge on any atom is -0.285 e. The van der Waals surface area contributed by atoms with Crippen LogP contribution in [0.5, 0.6) is 0 Å². The van der Waals surface area contributed by atoms with Gasteiger partial charge in [-0.25, -0.2) is 0 Å². The highest BCUT2D eigenvalue weighted by Gasteiger charge is 2.04. The predicted octanol–water partition coefficient (Wildman–Crippen LogP) is 0.183. The van der Waals surface area contributed by atoms with Gasteiger partial charge in [0.1, 0.15) is 6.20 Å². The second-order valence-corrected chi connectivity index (χ2v) is 3.38. The highest BCUT2D eigenvalue weighted by atomic mass is 127. The monoisotopic (exact) mass is 250 g/mol. The molecule has 4 N–H and O–H groups in total. The summed E-state index contributed by atoms with van der Waals surface area (Å²) in [5.41, 5.74) is 6.59. The first-order valence-corrected chi connectivity index (χ1v) is 3.91. The topological polar surface area (TPSA) is 55.9 Å². The van der Waals surface area contributed by atoms with E-state index < -0.39 is 0 Å². The van der Waals surface area contributed by atoms with Crippen molar-refractivity contribution < 1.29 is 4.68 Å². The molecule has 0 fully saturated rings. The summed E-state index contributed by atoms with van der Waals surface area (Å²) in [5.74, 6) is 6.12. The zero-order valence-corrected chi connectivity index (χ0v) is 7.79. The Morgan fingerprint density at radius 2 is 2.20 bits per heavy atom. The fourth-order valence-corrected chi connectivity index (χ4v) is 1.49. The average Bonchev–Trinajstić information content (AvgIpc) is 1.82. The number of nitrogen functional groups attached to an aromatic ring is 2. The van der Waals surface area contributed by atoms with Crippen molar-refractivity contribution in [1.82, 2.24) is 0 Å². The number of hydrogen-bond donors (Lipinski definition) is 2. The van der Waals surface area contributed by atoms with Crippen LogP contribution in [0.4, 0.5) is 5.82 Å². The quantitative estimate of drug-likeness (QED) is 0.392. The van der Waals surface area contributed by atoms with Gasteiger partial charge in [0.2, 0.25) is 0 Å². The molecule has 0 amide bonds. The molecule has 0 saturated carbocycles. The molecule has 1 aromatic rings. The average molecular weight is 250 g/mol. The zero-order valence-electron chi connectivity index (χ0n) is 5.63. The van der Waals surface area contributed by atoms with Crippen LogP contribution < -0.4 is 16.3 Å². The van der Waals surface area contributed by atoms with Crippen LogP contribution in [-0.2, 0) is 0 Å². The summed E-state index contributed by atoms with van der Waals surface area (Å²) in [7, 11) is 0. The standard InChI is InChI=1S/C6H8IN3/c1-4-2-5(7)3-10(9)6(4)8/h2-3,8H,9H2,1H3/p+1. The molecular formula is C6H9IN3+. The van der Waals surface area contributed by atoms with Crippen molar-refractivity contribution in [1.29, 1.82) is 0 Å². The van der Waals surface area contributed by atoms with Crippen molar-refractivity contribution in [2.24, 2.45) is 0 Å². The summed E-state index contributed by atoms with van der Waals surface area (Å²) in [6.45, 7) is 1.93. The molecule has 0 spiro atoms. The number of aromatic nitrogens is 1. The lowest BCUT2D eigenvalue weighted by Crippen LogP contribution is -2.47. The molecule has 0 unspecified atom stereocenters. The van der Waals surface area contributed by atoms with E-state index in [1.807, 2.05) is 13.0 Å². The van der Waals surface area contributed by atoms with Gasteiger partial charge in [0, 0.05) is 5.56 Å². The Morgan fingerprint density at radius 1 is 1.60 bits per heavy atom. The molecule has 0 atom stereocenters. The number of pyridine rings is 1. The first kappa shape index (κ1) is 7.59. The van der Waals surface area contributed by atoms with Crippen LogP contribution in [0.1, 0.15) is 5.56 Å². The summed E-state index contributed by atoms with van der Waals surface area (Å²) in [4.78, 5) is 0. The number of anilines is 1. The highest BCUT2D eigenvalue weighted by Crippen LogP contribution is 2.07. The van der Waals surface area contributed by atoms with Gasteiger partial charge in [0.05, 0.1) is 3.57 Å². The molecule has 0 bridgehead atoms. The number of aryl methyl sites for hydroxylation is 1. The molecule has 3 nitrogen and oxygen atoms in total. The van der Waals surface area contributed by atoms with E-state index in [4.69, 9.17) is 11.6 Å². The lowest BCUT2D eigenvalue weighted by Gasteiger charge is -1.98. The van der Waals surface area contributed by atoms with Crippen LogP contribution in [-0.4, -0.2) is 0 Å². The molecule has 54 valence electrons. The van der Waals surface area contributed by atoms with Gasteiger partial charge in [-0.3, -0.25) is 11.6 Å². The Balaban J connectivity index is 3.31. The number of hydrogen-bond acceptors (Lipinski definition) is 2. The van der Waals surface area contributed by atoms with Crippen molar-refractivity contribution >= 4 is 28.4 Å². The van der Waals surface area contributed by atoms with Gasteiger partial charge >= 0.3 is 0 Å². The maximum atomic E-state index is 5.59. The number of nitrogens with zero attached hydrogens (tertiary/aromatic N) is 1. The van der Waals surface area contributed by atoms with E-state index in [1.54, 1.807) is 6.20 Å². The maximum absolute atomic E-state index is 5.59. The fraction of sp³-hybridized carbons (Fsp3) is 0.167. The van der Waals surface area contributed by atoms with Crippen LogP contribution in [0.15, 0.2) is 12.3 Å². The predicted molar refractivity (Wildman–Crippen MR) is 48.7 cm³/mol. The summed E-state index contributed by atoms with van der Waals surface area (Å²) < 4.78 is 2.52. The van der Waals surface area contributed by atoms with E-state index in [1.165, 1.54) is 4.68 Å². The minimum absolute atomic E-state index is 0.611. The van der Waals surface area contributed by atoms with E-state index in [0.717, 1.165) is 9.13 Å². The van der Waals surface area contributed by atoms with Crippen molar-refractivity contribution in [3.63, 3.8) is 0 Å². The van der Waals surface area contributed by atoms with Crippen LogP contribution in [0.3, 0.4) is 0 Å². The lowest BCUT2D eigenvalue weighted by molar-refractivity contribution is -0.624. The van der Waals surface area contributed by atoms with Gasteiger partial charge in [-0.2, -0.15) is 0 Å². The second-order valence-electron chi connectivity index (χ2n) is 2.13. The Morgan fingerprint density at radius 3 is 2.70 bits per heavy atom. The largest absolute Gasteiger partial charge is 0.298 e. The van der Waals surface area contributed by atoms with Crippen LogP contribution >= 0.6 is 22.6 Å². The minimum atomic E-state index is 0.611. The molecule has 0 aliphatic rings. The molecule has 1 rings (SSSR count). The van der Waals surface area contributed by atoms with E-state index in [2.05, 4.69) is 22.6 Å². The van der Waals surface area contributed by atoms with Gasteiger partial charge in [-0.1, -0.05) is 0 Å². The van der Waals surface area contributed by atoms with E-state index >= 15 is 0 Å². The third kappa shape index (κ3) is 1.31. The summed E-state index contributed by atoms with van der Waals surface area (Å²) >= 11 is 2.19. The molecule has 0 aliphatic carbocycles. The Kier molecular flexibility index (Phi) is 1.98. The third-order valence-corrected chi connectivity index (χ3v) is 1.89. The Hall–Kier alpha value is -0.520. The SMILES string of the molecule is Cc1cc(I)c[n+](N)c1N. The first-order valence-electron chi connectivity index (χ1n) is 2.83. The summed E-state index contributed by atoms with van der Waals surface area (Å²) in [6, 6.07) is 1.99. The van der Waals surface area contributed by atoms with Crippen LogP contribution in [0.2, 0.25) is 0 Å². The highest BCUT2D eigenvalue weighted by molar-refractivity contribution is 14.1.